The van der Waals surface area contributed by atoms with Gasteiger partial charge in [0, 0.05) is 12.5 Å². The van der Waals surface area contributed by atoms with Gasteiger partial charge >= 0.3 is 0 Å². The van der Waals surface area contributed by atoms with E-state index < -0.39 is 0 Å². The molecule has 2 aromatic rings. The topological polar surface area (TPSA) is 67.4 Å². The second-order valence-corrected chi connectivity index (χ2v) is 6.51. The molecular formula is C20H21FN2O3. The minimum absolute atomic E-state index is 0.00614. The maximum absolute atomic E-state index is 12.9. The lowest BCUT2D eigenvalue weighted by molar-refractivity contribution is -0.127. The van der Waals surface area contributed by atoms with Gasteiger partial charge in [0.05, 0.1) is 6.54 Å². The first-order chi connectivity index (χ1) is 12.5. The first-order valence-electron chi connectivity index (χ1n) is 8.58. The van der Waals surface area contributed by atoms with Crippen molar-refractivity contribution >= 4 is 11.8 Å². The van der Waals surface area contributed by atoms with Crippen LogP contribution in [-0.4, -0.2) is 18.4 Å². The fraction of sp³-hybridized carbons (Fsp3) is 0.300. The number of nitrogens with one attached hydrogen (secondary N) is 2. The Morgan fingerprint density at radius 1 is 1.04 bits per heavy atom. The highest BCUT2D eigenvalue weighted by Crippen LogP contribution is 2.37. The van der Waals surface area contributed by atoms with Gasteiger partial charge in [-0.25, -0.2) is 4.39 Å². The number of ether oxygens (including phenoxy) is 1. The Balaban J connectivity index is 1.41. The smallest absolute Gasteiger partial charge is 0.239 e. The Bertz CT molecular complexity index is 775. The van der Waals surface area contributed by atoms with Crippen LogP contribution in [0.15, 0.2) is 48.5 Å². The van der Waals surface area contributed by atoms with Crippen LogP contribution in [0.5, 0.6) is 11.5 Å². The minimum Gasteiger partial charge on any atom is -0.457 e. The van der Waals surface area contributed by atoms with E-state index in [1.54, 1.807) is 24.3 Å². The highest BCUT2D eigenvalue weighted by atomic mass is 19.1. The van der Waals surface area contributed by atoms with Crippen LogP contribution in [0.2, 0.25) is 0 Å². The third kappa shape index (κ3) is 5.05. The summed E-state index contributed by atoms with van der Waals surface area (Å²) in [6.07, 6.45) is 0.903. The molecule has 5 nitrogen and oxygen atoms in total. The molecule has 0 bridgehead atoms. The molecule has 6 heteroatoms. The van der Waals surface area contributed by atoms with Crippen LogP contribution in [0.1, 0.15) is 18.9 Å². The monoisotopic (exact) mass is 356 g/mol. The molecule has 2 N–H and O–H groups in total. The molecule has 0 spiro atoms. The Hall–Kier alpha value is -2.89. The Morgan fingerprint density at radius 2 is 1.62 bits per heavy atom. The van der Waals surface area contributed by atoms with Gasteiger partial charge in [0.15, 0.2) is 0 Å². The van der Waals surface area contributed by atoms with E-state index in [1.165, 1.54) is 12.1 Å². The largest absolute Gasteiger partial charge is 0.457 e. The molecule has 1 aliphatic carbocycles. The van der Waals surface area contributed by atoms with Gasteiger partial charge in [0.1, 0.15) is 17.3 Å². The number of rotatable bonds is 7. The summed E-state index contributed by atoms with van der Waals surface area (Å²) in [7, 11) is 0. The van der Waals surface area contributed by atoms with Gasteiger partial charge in [0.2, 0.25) is 11.8 Å². The van der Waals surface area contributed by atoms with Crippen LogP contribution in [-0.2, 0) is 16.1 Å². The lowest BCUT2D eigenvalue weighted by Gasteiger charge is -2.09. The average Bonchev–Trinajstić information content (AvgIpc) is 3.38. The van der Waals surface area contributed by atoms with Crippen LogP contribution >= 0.6 is 0 Å². The van der Waals surface area contributed by atoms with Crippen LogP contribution in [0.3, 0.4) is 0 Å². The molecule has 0 heterocycles. The second-order valence-electron chi connectivity index (χ2n) is 6.51. The van der Waals surface area contributed by atoms with Gasteiger partial charge in [0.25, 0.3) is 0 Å². The highest BCUT2D eigenvalue weighted by Gasteiger charge is 2.38. The Labute approximate surface area is 151 Å². The average molecular weight is 356 g/mol. The molecule has 0 aliphatic heterocycles. The Kier molecular flexibility index (Phi) is 5.51. The van der Waals surface area contributed by atoms with Crippen LogP contribution in [0.25, 0.3) is 0 Å². The summed E-state index contributed by atoms with van der Waals surface area (Å²) < 4.78 is 18.5. The number of carbonyl (C=O) groups is 2. The van der Waals surface area contributed by atoms with Crippen LogP contribution in [0, 0.1) is 17.7 Å². The number of halogens is 1. The standard InChI is InChI=1S/C20H21FN2O3/c1-13-10-18(13)20(25)23-12-19(24)22-11-14-2-6-16(7-3-14)26-17-8-4-15(21)5-9-17/h2-9,13,18H,10-12H2,1H3,(H,22,24)(H,23,25)/t13-,18+/m0/s1. The van der Waals surface area contributed by atoms with E-state index in [0.717, 1.165) is 12.0 Å². The fourth-order valence-corrected chi connectivity index (χ4v) is 2.56. The molecule has 1 fully saturated rings. The molecule has 136 valence electrons. The zero-order chi connectivity index (χ0) is 18.5. The summed E-state index contributed by atoms with van der Waals surface area (Å²) in [5.41, 5.74) is 0.909. The summed E-state index contributed by atoms with van der Waals surface area (Å²) in [5, 5.41) is 5.42. The third-order valence-corrected chi connectivity index (χ3v) is 4.33. The van der Waals surface area contributed by atoms with E-state index in [0.29, 0.717) is 24.0 Å². The summed E-state index contributed by atoms with van der Waals surface area (Å²) in [6, 6.07) is 13.0. The van der Waals surface area contributed by atoms with Crippen molar-refractivity contribution in [3.05, 3.63) is 59.9 Å². The molecule has 2 atom stereocenters. The normalized spacial score (nSPS) is 18.1. The van der Waals surface area contributed by atoms with E-state index in [2.05, 4.69) is 10.6 Å². The molecule has 0 unspecified atom stereocenters. The molecule has 26 heavy (non-hydrogen) atoms. The van der Waals surface area contributed by atoms with E-state index in [9.17, 15) is 14.0 Å². The summed E-state index contributed by atoms with van der Waals surface area (Å²) >= 11 is 0. The quantitative estimate of drug-likeness (QED) is 0.801. The molecule has 0 radical (unpaired) electrons. The van der Waals surface area contributed by atoms with Crippen molar-refractivity contribution in [2.24, 2.45) is 11.8 Å². The van der Waals surface area contributed by atoms with Gasteiger partial charge in [-0.05, 0) is 54.3 Å². The maximum atomic E-state index is 12.9. The number of carbonyl (C=O) groups excluding carboxylic acids is 2. The maximum Gasteiger partial charge on any atom is 0.239 e. The third-order valence-electron chi connectivity index (χ3n) is 4.33. The SMILES string of the molecule is C[C@H]1C[C@H]1C(=O)NCC(=O)NCc1ccc(Oc2ccc(F)cc2)cc1. The van der Waals surface area contributed by atoms with Crippen LogP contribution < -0.4 is 15.4 Å². The zero-order valence-corrected chi connectivity index (χ0v) is 14.5. The molecule has 3 rings (SSSR count). The van der Waals surface area contributed by atoms with Gasteiger partial charge in [-0.2, -0.15) is 0 Å². The lowest BCUT2D eigenvalue weighted by Crippen LogP contribution is -2.37. The fourth-order valence-electron chi connectivity index (χ4n) is 2.56. The predicted molar refractivity (Wildman–Crippen MR) is 95.0 cm³/mol. The van der Waals surface area contributed by atoms with Crippen molar-refractivity contribution in [3.8, 4) is 11.5 Å². The van der Waals surface area contributed by atoms with E-state index in [1.807, 2.05) is 19.1 Å². The summed E-state index contributed by atoms with van der Waals surface area (Å²) in [5.74, 6) is 1.08. The van der Waals surface area contributed by atoms with E-state index in [4.69, 9.17) is 4.74 Å². The van der Waals surface area contributed by atoms with Crippen molar-refractivity contribution in [3.63, 3.8) is 0 Å². The zero-order valence-electron chi connectivity index (χ0n) is 14.5. The van der Waals surface area contributed by atoms with Gasteiger partial charge in [-0.3, -0.25) is 9.59 Å². The summed E-state index contributed by atoms with van der Waals surface area (Å²) in [4.78, 5) is 23.5. The molecule has 2 amide bonds. The number of hydrogen-bond donors (Lipinski definition) is 2. The van der Waals surface area contributed by atoms with Crippen molar-refractivity contribution in [1.82, 2.24) is 10.6 Å². The van der Waals surface area contributed by atoms with E-state index >= 15 is 0 Å². The van der Waals surface area contributed by atoms with Crippen molar-refractivity contribution in [2.45, 2.75) is 19.9 Å². The Morgan fingerprint density at radius 3 is 2.19 bits per heavy atom. The predicted octanol–water partition coefficient (Wildman–Crippen LogP) is 3.01. The first kappa shape index (κ1) is 17.9. The number of hydrogen-bond acceptors (Lipinski definition) is 3. The van der Waals surface area contributed by atoms with Gasteiger partial charge < -0.3 is 15.4 Å². The van der Waals surface area contributed by atoms with E-state index in [-0.39, 0.29) is 30.1 Å². The number of benzene rings is 2. The van der Waals surface area contributed by atoms with Crippen molar-refractivity contribution < 1.29 is 18.7 Å². The summed E-state index contributed by atoms with van der Waals surface area (Å²) in [6.45, 7) is 2.38. The molecule has 2 aromatic carbocycles. The highest BCUT2D eigenvalue weighted by molar-refractivity contribution is 5.87. The molecule has 1 aliphatic rings. The minimum atomic E-state index is -0.314. The number of amides is 2. The van der Waals surface area contributed by atoms with Crippen molar-refractivity contribution in [2.75, 3.05) is 6.54 Å². The van der Waals surface area contributed by atoms with Crippen molar-refractivity contribution in [1.29, 1.82) is 0 Å². The molecule has 1 saturated carbocycles. The van der Waals surface area contributed by atoms with Crippen LogP contribution in [0.4, 0.5) is 4.39 Å². The molecule has 0 aromatic heterocycles. The van der Waals surface area contributed by atoms with Gasteiger partial charge in [-0.1, -0.05) is 19.1 Å². The first-order valence-corrected chi connectivity index (χ1v) is 8.58. The molecule has 0 saturated heterocycles. The second kappa shape index (κ2) is 7.99. The van der Waals surface area contributed by atoms with Gasteiger partial charge in [-0.15, -0.1) is 0 Å². The molecular weight excluding hydrogens is 335 g/mol. The lowest BCUT2D eigenvalue weighted by atomic mass is 10.2.